The quantitative estimate of drug-likeness (QED) is 0.729. The highest BCUT2D eigenvalue weighted by molar-refractivity contribution is 8.14. The molecular formula is C23H28N4S. The van der Waals surface area contributed by atoms with Crippen molar-refractivity contribution in [3.8, 4) is 0 Å². The van der Waals surface area contributed by atoms with Crippen LogP contribution in [-0.2, 0) is 0 Å². The van der Waals surface area contributed by atoms with E-state index in [0.717, 1.165) is 17.9 Å². The molecule has 3 atom stereocenters. The molecule has 2 fully saturated rings. The fourth-order valence-corrected chi connectivity index (χ4v) is 6.08. The third-order valence-electron chi connectivity index (χ3n) is 6.29. The van der Waals surface area contributed by atoms with Crippen LogP contribution in [-0.4, -0.2) is 39.9 Å². The first kappa shape index (κ1) is 18.0. The Kier molecular flexibility index (Phi) is 5.02. The molecule has 1 aromatic heterocycles. The first-order valence-electron chi connectivity index (χ1n) is 10.6. The third kappa shape index (κ3) is 3.20. The highest BCUT2D eigenvalue weighted by Gasteiger charge is 2.45. The van der Waals surface area contributed by atoms with Crippen molar-refractivity contribution >= 4 is 22.6 Å². The van der Waals surface area contributed by atoms with Crippen molar-refractivity contribution in [2.75, 3.05) is 23.7 Å². The van der Waals surface area contributed by atoms with Crippen LogP contribution in [0, 0.1) is 0 Å². The summed E-state index contributed by atoms with van der Waals surface area (Å²) in [6.07, 6.45) is 7.04. The Labute approximate surface area is 172 Å². The summed E-state index contributed by atoms with van der Waals surface area (Å²) < 4.78 is 0. The molecule has 4 heterocycles. The van der Waals surface area contributed by atoms with Gasteiger partial charge in [-0.05, 0) is 55.5 Å². The number of thioether (sulfide) groups is 1. The normalized spacial score (nSPS) is 27.0. The second-order valence-corrected chi connectivity index (χ2v) is 8.96. The molecule has 0 radical (unpaired) electrons. The van der Waals surface area contributed by atoms with Crippen molar-refractivity contribution in [3.05, 3.63) is 59.9 Å². The van der Waals surface area contributed by atoms with E-state index in [4.69, 9.17) is 4.99 Å². The molecule has 3 aliphatic rings. The van der Waals surface area contributed by atoms with Crippen molar-refractivity contribution in [1.82, 2.24) is 9.88 Å². The SMILES string of the molecule is CC[C@@H]1CSC2=N[C@@H](c3ccccn3)[C@H](c3ccc(N4CCCCC4)cc3)N21. The van der Waals surface area contributed by atoms with E-state index in [1.165, 1.54) is 48.8 Å². The highest BCUT2D eigenvalue weighted by Crippen LogP contribution is 2.48. The van der Waals surface area contributed by atoms with Gasteiger partial charge in [-0.3, -0.25) is 9.98 Å². The van der Waals surface area contributed by atoms with Gasteiger partial charge in [-0.15, -0.1) is 0 Å². The van der Waals surface area contributed by atoms with Crippen LogP contribution in [0.25, 0.3) is 0 Å². The molecule has 146 valence electrons. The van der Waals surface area contributed by atoms with E-state index < -0.39 is 0 Å². The number of fused-ring (bicyclic) bond motifs is 1. The zero-order valence-electron chi connectivity index (χ0n) is 16.5. The maximum absolute atomic E-state index is 5.12. The molecule has 1 aromatic carbocycles. The summed E-state index contributed by atoms with van der Waals surface area (Å²) in [5.74, 6) is 1.15. The molecule has 0 aliphatic carbocycles. The van der Waals surface area contributed by atoms with Gasteiger partial charge in [0.05, 0.1) is 11.7 Å². The molecule has 28 heavy (non-hydrogen) atoms. The van der Waals surface area contributed by atoms with Gasteiger partial charge in [-0.2, -0.15) is 0 Å². The van der Waals surface area contributed by atoms with Crippen molar-refractivity contribution in [1.29, 1.82) is 0 Å². The first-order valence-corrected chi connectivity index (χ1v) is 11.6. The lowest BCUT2D eigenvalue weighted by Gasteiger charge is -2.33. The van der Waals surface area contributed by atoms with Gasteiger partial charge in [0.2, 0.25) is 0 Å². The van der Waals surface area contributed by atoms with Gasteiger partial charge in [-0.1, -0.05) is 36.9 Å². The van der Waals surface area contributed by atoms with Crippen LogP contribution in [0.2, 0.25) is 0 Å². The largest absolute Gasteiger partial charge is 0.372 e. The van der Waals surface area contributed by atoms with Crippen LogP contribution in [0.3, 0.4) is 0 Å². The first-order chi connectivity index (χ1) is 13.8. The van der Waals surface area contributed by atoms with Crippen LogP contribution < -0.4 is 4.90 Å². The van der Waals surface area contributed by atoms with Crippen LogP contribution in [0.4, 0.5) is 5.69 Å². The van der Waals surface area contributed by atoms with E-state index in [1.807, 2.05) is 24.0 Å². The molecule has 2 saturated heterocycles. The summed E-state index contributed by atoms with van der Waals surface area (Å²) in [5, 5.41) is 1.20. The molecular weight excluding hydrogens is 364 g/mol. The second-order valence-electron chi connectivity index (χ2n) is 7.98. The van der Waals surface area contributed by atoms with Gasteiger partial charge >= 0.3 is 0 Å². The Morgan fingerprint density at radius 1 is 1.04 bits per heavy atom. The average molecular weight is 393 g/mol. The van der Waals surface area contributed by atoms with E-state index in [9.17, 15) is 0 Å². The maximum atomic E-state index is 5.12. The second kappa shape index (κ2) is 7.78. The summed E-state index contributed by atoms with van der Waals surface area (Å²) in [7, 11) is 0. The lowest BCUT2D eigenvalue weighted by atomic mass is 9.95. The zero-order valence-corrected chi connectivity index (χ0v) is 17.3. The summed E-state index contributed by atoms with van der Waals surface area (Å²) in [6.45, 7) is 4.67. The molecule has 0 saturated carbocycles. The van der Waals surface area contributed by atoms with Gasteiger partial charge in [0, 0.05) is 36.8 Å². The van der Waals surface area contributed by atoms with E-state index in [2.05, 4.69) is 58.1 Å². The number of amidine groups is 1. The monoisotopic (exact) mass is 392 g/mol. The smallest absolute Gasteiger partial charge is 0.160 e. The molecule has 0 unspecified atom stereocenters. The number of piperidine rings is 1. The van der Waals surface area contributed by atoms with Gasteiger partial charge in [-0.25, -0.2) is 0 Å². The molecule has 3 aliphatic heterocycles. The Morgan fingerprint density at radius 2 is 1.86 bits per heavy atom. The minimum absolute atomic E-state index is 0.0823. The summed E-state index contributed by atoms with van der Waals surface area (Å²) in [5.41, 5.74) is 3.79. The number of aliphatic imine (C=N–C) groups is 1. The molecule has 0 amide bonds. The van der Waals surface area contributed by atoms with Crippen molar-refractivity contribution in [2.45, 2.75) is 50.7 Å². The Hall–Kier alpha value is -2.01. The van der Waals surface area contributed by atoms with Crippen LogP contribution in [0.5, 0.6) is 0 Å². The van der Waals surface area contributed by atoms with Gasteiger partial charge in [0.25, 0.3) is 0 Å². The van der Waals surface area contributed by atoms with Gasteiger partial charge in [0.15, 0.2) is 5.17 Å². The van der Waals surface area contributed by atoms with Gasteiger partial charge < -0.3 is 9.80 Å². The van der Waals surface area contributed by atoms with Crippen molar-refractivity contribution < 1.29 is 0 Å². The number of aromatic nitrogens is 1. The maximum Gasteiger partial charge on any atom is 0.160 e. The van der Waals surface area contributed by atoms with Crippen LogP contribution >= 0.6 is 11.8 Å². The molecule has 5 rings (SSSR count). The Morgan fingerprint density at radius 3 is 2.57 bits per heavy atom. The number of nitrogens with zero attached hydrogens (tertiary/aromatic N) is 4. The molecule has 0 N–H and O–H groups in total. The lowest BCUT2D eigenvalue weighted by molar-refractivity contribution is 0.255. The Balaban J connectivity index is 1.48. The number of anilines is 1. The number of hydrogen-bond acceptors (Lipinski definition) is 5. The molecule has 4 nitrogen and oxygen atoms in total. The predicted octanol–water partition coefficient (Wildman–Crippen LogP) is 5.05. The number of hydrogen-bond donors (Lipinski definition) is 0. The third-order valence-corrected chi connectivity index (χ3v) is 7.41. The molecule has 5 heteroatoms. The summed E-state index contributed by atoms with van der Waals surface area (Å²) >= 11 is 1.91. The number of benzene rings is 1. The van der Waals surface area contributed by atoms with Crippen molar-refractivity contribution in [2.24, 2.45) is 4.99 Å². The van der Waals surface area contributed by atoms with Crippen LogP contribution in [0.15, 0.2) is 53.7 Å². The standard InChI is InChI=1S/C23H28N4S/c1-2-18-16-28-23-25-21(20-8-4-5-13-24-20)22(27(18)23)17-9-11-19(12-10-17)26-14-6-3-7-15-26/h4-5,8-13,18,21-22H,2-3,6-7,14-16H2,1H3/t18-,21+,22+/m1/s1. The molecule has 0 spiro atoms. The minimum Gasteiger partial charge on any atom is -0.372 e. The van der Waals surface area contributed by atoms with E-state index in [1.54, 1.807) is 0 Å². The van der Waals surface area contributed by atoms with Crippen molar-refractivity contribution in [3.63, 3.8) is 0 Å². The van der Waals surface area contributed by atoms with Crippen LogP contribution in [0.1, 0.15) is 55.9 Å². The minimum atomic E-state index is 0.0823. The predicted molar refractivity (Wildman–Crippen MR) is 118 cm³/mol. The lowest BCUT2D eigenvalue weighted by Crippen LogP contribution is -2.35. The topological polar surface area (TPSA) is 31.7 Å². The fourth-order valence-electron chi connectivity index (χ4n) is 4.74. The van der Waals surface area contributed by atoms with E-state index >= 15 is 0 Å². The fraction of sp³-hybridized carbons (Fsp3) is 0.478. The molecule has 2 aromatic rings. The zero-order chi connectivity index (χ0) is 18.9. The van der Waals surface area contributed by atoms with Gasteiger partial charge in [0.1, 0.15) is 6.04 Å². The highest BCUT2D eigenvalue weighted by atomic mass is 32.2. The number of pyridine rings is 1. The van der Waals surface area contributed by atoms with E-state index in [0.29, 0.717) is 6.04 Å². The molecule has 0 bridgehead atoms. The summed E-state index contributed by atoms with van der Waals surface area (Å²) in [4.78, 5) is 14.9. The Bertz CT molecular complexity index is 829. The average Bonchev–Trinajstić information content (AvgIpc) is 3.34. The summed E-state index contributed by atoms with van der Waals surface area (Å²) in [6, 6.07) is 16.4. The van der Waals surface area contributed by atoms with E-state index in [-0.39, 0.29) is 12.1 Å². The number of rotatable bonds is 4.